The van der Waals surface area contributed by atoms with Crippen molar-refractivity contribution in [2.45, 2.75) is 6.18 Å². The Hall–Kier alpha value is -2.07. The maximum Gasteiger partial charge on any atom is 0.416 e. The van der Waals surface area contributed by atoms with Gasteiger partial charge in [0, 0.05) is 10.6 Å². The second-order valence-corrected chi connectivity index (χ2v) is 4.76. The number of carbonyl (C=O) groups excluding carboxylic acids is 1. The summed E-state index contributed by atoms with van der Waals surface area (Å²) in [5.74, 6) is -0.362. The molecule has 2 rings (SSSR count). The lowest BCUT2D eigenvalue weighted by Crippen LogP contribution is -2.05. The standard InChI is InChI=1S/C16H10ClF3O/c17-14-8-1-11(2-9-14)3-10-15(21)12-4-6-13(7-5-12)16(18,19)20/h1-10H. The summed E-state index contributed by atoms with van der Waals surface area (Å²) >= 11 is 5.74. The fourth-order valence-corrected chi connectivity index (χ4v) is 1.79. The normalized spacial score (nSPS) is 11.8. The van der Waals surface area contributed by atoms with Crippen LogP contribution in [-0.4, -0.2) is 5.78 Å². The van der Waals surface area contributed by atoms with E-state index in [2.05, 4.69) is 0 Å². The van der Waals surface area contributed by atoms with Gasteiger partial charge < -0.3 is 0 Å². The Morgan fingerprint density at radius 2 is 1.52 bits per heavy atom. The highest BCUT2D eigenvalue weighted by molar-refractivity contribution is 6.30. The Bertz CT molecular complexity index is 655. The Labute approximate surface area is 124 Å². The van der Waals surface area contributed by atoms with E-state index < -0.39 is 11.7 Å². The first-order chi connectivity index (χ1) is 9.86. The fraction of sp³-hybridized carbons (Fsp3) is 0.0625. The summed E-state index contributed by atoms with van der Waals surface area (Å²) in [5, 5.41) is 0.584. The van der Waals surface area contributed by atoms with Crippen molar-refractivity contribution >= 4 is 23.5 Å². The van der Waals surface area contributed by atoms with Gasteiger partial charge in [-0.1, -0.05) is 41.9 Å². The zero-order chi connectivity index (χ0) is 15.5. The van der Waals surface area contributed by atoms with Crippen LogP contribution in [0.3, 0.4) is 0 Å². The molecular weight excluding hydrogens is 301 g/mol. The predicted molar refractivity (Wildman–Crippen MR) is 76.3 cm³/mol. The fourth-order valence-electron chi connectivity index (χ4n) is 1.67. The molecule has 0 atom stereocenters. The van der Waals surface area contributed by atoms with E-state index >= 15 is 0 Å². The quantitative estimate of drug-likeness (QED) is 0.558. The third-order valence-corrected chi connectivity index (χ3v) is 3.05. The number of halogens is 4. The van der Waals surface area contributed by atoms with Crippen LogP contribution in [0, 0.1) is 0 Å². The van der Waals surface area contributed by atoms with Crippen molar-refractivity contribution in [3.63, 3.8) is 0 Å². The smallest absolute Gasteiger partial charge is 0.289 e. The minimum Gasteiger partial charge on any atom is -0.289 e. The molecule has 5 heteroatoms. The number of ketones is 1. The SMILES string of the molecule is O=C(C=Cc1ccc(Cl)cc1)c1ccc(C(F)(F)F)cc1. The first-order valence-electron chi connectivity index (χ1n) is 6.01. The summed E-state index contributed by atoms with van der Waals surface area (Å²) < 4.78 is 37.2. The van der Waals surface area contributed by atoms with Gasteiger partial charge in [0.1, 0.15) is 0 Å². The van der Waals surface area contributed by atoms with Crippen molar-refractivity contribution in [2.24, 2.45) is 0 Å². The van der Waals surface area contributed by atoms with E-state index in [1.54, 1.807) is 30.3 Å². The maximum absolute atomic E-state index is 12.4. The zero-order valence-electron chi connectivity index (χ0n) is 10.7. The Kier molecular flexibility index (Phi) is 4.48. The Balaban J connectivity index is 2.11. The first kappa shape index (κ1) is 15.3. The van der Waals surface area contributed by atoms with Crippen molar-refractivity contribution in [2.75, 3.05) is 0 Å². The molecule has 0 aliphatic rings. The van der Waals surface area contributed by atoms with Gasteiger partial charge in [0.2, 0.25) is 0 Å². The number of allylic oxidation sites excluding steroid dienone is 1. The van der Waals surface area contributed by atoms with Crippen LogP contribution in [0.4, 0.5) is 13.2 Å². The lowest BCUT2D eigenvalue weighted by atomic mass is 10.1. The lowest BCUT2D eigenvalue weighted by molar-refractivity contribution is -0.137. The van der Waals surface area contributed by atoms with Crippen molar-refractivity contribution in [3.05, 3.63) is 76.3 Å². The van der Waals surface area contributed by atoms with Crippen LogP contribution in [-0.2, 0) is 6.18 Å². The molecule has 0 saturated heterocycles. The van der Waals surface area contributed by atoms with Gasteiger partial charge >= 0.3 is 6.18 Å². The molecule has 0 bridgehead atoms. The number of rotatable bonds is 3. The summed E-state index contributed by atoms with van der Waals surface area (Å²) in [5.41, 5.74) is 0.202. The molecule has 108 valence electrons. The molecule has 0 fully saturated rings. The van der Waals surface area contributed by atoms with E-state index in [4.69, 9.17) is 11.6 Å². The molecule has 0 saturated carbocycles. The topological polar surface area (TPSA) is 17.1 Å². The van der Waals surface area contributed by atoms with Gasteiger partial charge in [-0.05, 0) is 35.9 Å². The van der Waals surface area contributed by atoms with Crippen LogP contribution in [0.5, 0.6) is 0 Å². The van der Waals surface area contributed by atoms with E-state index in [1.807, 2.05) is 0 Å². The molecule has 1 nitrogen and oxygen atoms in total. The highest BCUT2D eigenvalue weighted by Gasteiger charge is 2.30. The van der Waals surface area contributed by atoms with E-state index in [0.29, 0.717) is 5.02 Å². The molecule has 0 radical (unpaired) electrons. The van der Waals surface area contributed by atoms with Gasteiger partial charge in [0.15, 0.2) is 5.78 Å². The number of carbonyl (C=O) groups is 1. The molecule has 21 heavy (non-hydrogen) atoms. The molecule has 2 aromatic rings. The summed E-state index contributed by atoms with van der Waals surface area (Å²) in [6.45, 7) is 0. The number of hydrogen-bond donors (Lipinski definition) is 0. The van der Waals surface area contributed by atoms with Crippen molar-refractivity contribution in [1.29, 1.82) is 0 Å². The molecule has 0 heterocycles. The molecule has 0 aliphatic heterocycles. The third-order valence-electron chi connectivity index (χ3n) is 2.79. The first-order valence-corrected chi connectivity index (χ1v) is 6.39. The molecule has 2 aromatic carbocycles. The van der Waals surface area contributed by atoms with E-state index in [0.717, 1.165) is 29.8 Å². The number of alkyl halides is 3. The molecule has 0 amide bonds. The Morgan fingerprint density at radius 1 is 0.952 bits per heavy atom. The van der Waals surface area contributed by atoms with Gasteiger partial charge in [0.05, 0.1) is 5.56 Å². The molecule has 0 spiro atoms. The van der Waals surface area contributed by atoms with Crippen molar-refractivity contribution in [1.82, 2.24) is 0 Å². The van der Waals surface area contributed by atoms with Crippen LogP contribution >= 0.6 is 11.6 Å². The van der Waals surface area contributed by atoms with Crippen LogP contribution < -0.4 is 0 Å². The summed E-state index contributed by atoms with van der Waals surface area (Å²) in [4.78, 5) is 11.9. The third kappa shape index (κ3) is 4.20. The summed E-state index contributed by atoms with van der Waals surface area (Å²) in [6, 6.07) is 11.0. The monoisotopic (exact) mass is 310 g/mol. The van der Waals surface area contributed by atoms with Crippen LogP contribution in [0.15, 0.2) is 54.6 Å². The minimum absolute atomic E-state index is 0.202. The second kappa shape index (κ2) is 6.14. The highest BCUT2D eigenvalue weighted by Crippen LogP contribution is 2.29. The average Bonchev–Trinajstić information content (AvgIpc) is 2.45. The lowest BCUT2D eigenvalue weighted by Gasteiger charge is -2.06. The van der Waals surface area contributed by atoms with Crippen molar-refractivity contribution < 1.29 is 18.0 Å². The van der Waals surface area contributed by atoms with Gasteiger partial charge in [-0.2, -0.15) is 13.2 Å². The second-order valence-electron chi connectivity index (χ2n) is 4.32. The summed E-state index contributed by atoms with van der Waals surface area (Å²) in [6.07, 6.45) is -1.51. The van der Waals surface area contributed by atoms with E-state index in [-0.39, 0.29) is 11.3 Å². The van der Waals surface area contributed by atoms with Crippen LogP contribution in [0.2, 0.25) is 5.02 Å². The van der Waals surface area contributed by atoms with Crippen molar-refractivity contribution in [3.8, 4) is 0 Å². The van der Waals surface area contributed by atoms with Crippen LogP contribution in [0.25, 0.3) is 6.08 Å². The summed E-state index contributed by atoms with van der Waals surface area (Å²) in [7, 11) is 0. The highest BCUT2D eigenvalue weighted by atomic mass is 35.5. The molecule has 0 aliphatic carbocycles. The van der Waals surface area contributed by atoms with Gasteiger partial charge in [0.25, 0.3) is 0 Å². The average molecular weight is 311 g/mol. The van der Waals surface area contributed by atoms with E-state index in [9.17, 15) is 18.0 Å². The van der Waals surface area contributed by atoms with Gasteiger partial charge in [-0.15, -0.1) is 0 Å². The number of hydrogen-bond acceptors (Lipinski definition) is 1. The Morgan fingerprint density at radius 3 is 2.05 bits per heavy atom. The van der Waals surface area contributed by atoms with E-state index in [1.165, 1.54) is 6.08 Å². The van der Waals surface area contributed by atoms with Gasteiger partial charge in [-0.25, -0.2) is 0 Å². The molecule has 0 N–H and O–H groups in total. The number of benzene rings is 2. The molecule has 0 unspecified atom stereocenters. The molecular formula is C16H10ClF3O. The van der Waals surface area contributed by atoms with Gasteiger partial charge in [-0.3, -0.25) is 4.79 Å². The molecule has 0 aromatic heterocycles. The minimum atomic E-state index is -4.40. The predicted octanol–water partition coefficient (Wildman–Crippen LogP) is 5.25. The van der Waals surface area contributed by atoms with Crippen LogP contribution in [0.1, 0.15) is 21.5 Å². The zero-order valence-corrected chi connectivity index (χ0v) is 11.4. The maximum atomic E-state index is 12.4. The largest absolute Gasteiger partial charge is 0.416 e.